The quantitative estimate of drug-likeness (QED) is 0.712. The molecule has 158 valence electrons. The number of benzene rings is 1. The number of fused-ring (bicyclic) bond motifs is 1. The molecule has 0 aromatic heterocycles. The summed E-state index contributed by atoms with van der Waals surface area (Å²) in [5.41, 5.74) is 1.92. The fourth-order valence-electron chi connectivity index (χ4n) is 5.47. The molecule has 5 nitrogen and oxygen atoms in total. The maximum atomic E-state index is 13.8. The van der Waals surface area contributed by atoms with Gasteiger partial charge in [-0.25, -0.2) is 4.79 Å². The lowest BCUT2D eigenvalue weighted by molar-refractivity contribution is -0.137. The van der Waals surface area contributed by atoms with E-state index in [0.29, 0.717) is 18.5 Å². The Labute approximate surface area is 175 Å². The van der Waals surface area contributed by atoms with Crippen LogP contribution in [0.15, 0.2) is 24.3 Å². The van der Waals surface area contributed by atoms with Crippen molar-refractivity contribution in [2.24, 2.45) is 5.92 Å². The molecule has 2 saturated heterocycles. The molecule has 0 radical (unpaired) electrons. The van der Waals surface area contributed by atoms with Crippen molar-refractivity contribution >= 4 is 11.9 Å². The van der Waals surface area contributed by atoms with Gasteiger partial charge in [-0.05, 0) is 56.1 Å². The van der Waals surface area contributed by atoms with Crippen LogP contribution < -0.4 is 0 Å². The topological polar surface area (TPSA) is 43.9 Å². The van der Waals surface area contributed by atoms with Gasteiger partial charge >= 0.3 is 6.03 Å². The number of piperidine rings is 1. The maximum absolute atomic E-state index is 13.8. The molecule has 1 spiro atoms. The van der Waals surface area contributed by atoms with Gasteiger partial charge in [-0.1, -0.05) is 45.0 Å². The second kappa shape index (κ2) is 7.75. The third-order valence-electron chi connectivity index (χ3n) is 7.35. The van der Waals surface area contributed by atoms with Gasteiger partial charge in [0, 0.05) is 31.7 Å². The Morgan fingerprint density at radius 3 is 2.14 bits per heavy atom. The summed E-state index contributed by atoms with van der Waals surface area (Å²) in [4.78, 5) is 33.4. The number of imide groups is 1. The third kappa shape index (κ3) is 3.37. The van der Waals surface area contributed by atoms with Crippen molar-refractivity contribution in [2.45, 2.75) is 77.4 Å². The monoisotopic (exact) mass is 397 g/mol. The lowest BCUT2D eigenvalue weighted by Crippen LogP contribution is -2.58. The minimum atomic E-state index is -0.639. The Morgan fingerprint density at radius 1 is 1.03 bits per heavy atom. The van der Waals surface area contributed by atoms with Gasteiger partial charge in [0.1, 0.15) is 5.54 Å². The first-order chi connectivity index (χ1) is 13.9. The van der Waals surface area contributed by atoms with Crippen molar-refractivity contribution in [2.75, 3.05) is 19.6 Å². The highest BCUT2D eigenvalue weighted by atomic mass is 16.2. The van der Waals surface area contributed by atoms with Gasteiger partial charge in [-0.2, -0.15) is 0 Å². The lowest BCUT2D eigenvalue weighted by Gasteiger charge is -2.44. The van der Waals surface area contributed by atoms with E-state index in [-0.39, 0.29) is 18.0 Å². The molecule has 29 heavy (non-hydrogen) atoms. The molecule has 0 N–H and O–H groups in total. The SMILES string of the molecule is CCC(C)N1CCC2(CC1)C(=O)N(C1Cc3ccccc3C1)C(=O)N2CC(C)C. The molecule has 2 aliphatic heterocycles. The number of likely N-dealkylation sites (tertiary alicyclic amines) is 1. The van der Waals surface area contributed by atoms with E-state index in [1.165, 1.54) is 11.1 Å². The summed E-state index contributed by atoms with van der Waals surface area (Å²) >= 11 is 0. The fourth-order valence-corrected chi connectivity index (χ4v) is 5.47. The average molecular weight is 398 g/mol. The van der Waals surface area contributed by atoms with Crippen molar-refractivity contribution in [3.63, 3.8) is 0 Å². The lowest BCUT2D eigenvalue weighted by atomic mass is 9.84. The number of urea groups is 1. The first kappa shape index (κ1) is 20.4. The van der Waals surface area contributed by atoms with Gasteiger partial charge in [-0.3, -0.25) is 9.69 Å². The predicted molar refractivity (Wildman–Crippen MR) is 115 cm³/mol. The van der Waals surface area contributed by atoms with Gasteiger partial charge in [0.15, 0.2) is 0 Å². The molecule has 1 aromatic carbocycles. The van der Waals surface area contributed by atoms with Gasteiger partial charge in [-0.15, -0.1) is 0 Å². The van der Waals surface area contributed by atoms with Crippen LogP contribution in [0.1, 0.15) is 58.1 Å². The Bertz CT molecular complexity index is 757. The molecule has 3 aliphatic rings. The standard InChI is InChI=1S/C24H35N3O2/c1-5-18(4)25-12-10-24(11-13-25)22(28)27(23(29)26(24)16-17(2)3)21-14-19-8-6-7-9-20(19)15-21/h6-9,17-18,21H,5,10-16H2,1-4H3. The van der Waals surface area contributed by atoms with E-state index in [1.807, 2.05) is 17.0 Å². The minimum absolute atomic E-state index is 0.0333. The Balaban J connectivity index is 1.60. The number of carbonyl (C=O) groups excluding carboxylic acids is 2. The van der Waals surface area contributed by atoms with Crippen molar-refractivity contribution in [3.8, 4) is 0 Å². The van der Waals surface area contributed by atoms with E-state index < -0.39 is 5.54 Å². The highest BCUT2D eigenvalue weighted by molar-refractivity contribution is 6.07. The zero-order valence-electron chi connectivity index (χ0n) is 18.4. The number of hydrogen-bond acceptors (Lipinski definition) is 3. The van der Waals surface area contributed by atoms with E-state index in [1.54, 1.807) is 4.90 Å². The molecule has 5 heteroatoms. The van der Waals surface area contributed by atoms with Crippen LogP contribution in [0.2, 0.25) is 0 Å². The highest BCUT2D eigenvalue weighted by Crippen LogP contribution is 2.41. The molecule has 4 rings (SSSR count). The van der Waals surface area contributed by atoms with Crippen LogP contribution in [0.4, 0.5) is 4.79 Å². The zero-order valence-corrected chi connectivity index (χ0v) is 18.4. The van der Waals surface area contributed by atoms with Gasteiger partial charge in [0.05, 0.1) is 0 Å². The summed E-state index contributed by atoms with van der Waals surface area (Å²) in [5.74, 6) is 0.404. The van der Waals surface area contributed by atoms with Crippen molar-refractivity contribution in [1.29, 1.82) is 0 Å². The Hall–Kier alpha value is -1.88. The summed E-state index contributed by atoms with van der Waals surface area (Å²) in [6, 6.07) is 8.79. The number of hydrogen-bond donors (Lipinski definition) is 0. The Morgan fingerprint density at radius 2 is 1.62 bits per heavy atom. The van der Waals surface area contributed by atoms with Gasteiger partial charge in [0.25, 0.3) is 5.91 Å². The molecule has 1 atom stereocenters. The van der Waals surface area contributed by atoms with E-state index in [2.05, 4.69) is 44.7 Å². The van der Waals surface area contributed by atoms with Crippen LogP contribution in [-0.2, 0) is 17.6 Å². The first-order valence-corrected chi connectivity index (χ1v) is 11.3. The molecule has 2 heterocycles. The fraction of sp³-hybridized carbons (Fsp3) is 0.667. The van der Waals surface area contributed by atoms with E-state index >= 15 is 0 Å². The molecule has 3 amide bonds. The van der Waals surface area contributed by atoms with Crippen LogP contribution in [0.25, 0.3) is 0 Å². The Kier molecular flexibility index (Phi) is 5.45. The van der Waals surface area contributed by atoms with Crippen LogP contribution in [-0.4, -0.2) is 63.9 Å². The summed E-state index contributed by atoms with van der Waals surface area (Å²) < 4.78 is 0. The largest absolute Gasteiger partial charge is 0.327 e. The summed E-state index contributed by atoms with van der Waals surface area (Å²) in [7, 11) is 0. The minimum Gasteiger partial charge on any atom is -0.309 e. The summed E-state index contributed by atoms with van der Waals surface area (Å²) in [5, 5.41) is 0. The average Bonchev–Trinajstić information content (AvgIpc) is 3.21. The van der Waals surface area contributed by atoms with Gasteiger partial charge < -0.3 is 9.80 Å². The first-order valence-electron chi connectivity index (χ1n) is 11.3. The predicted octanol–water partition coefficient (Wildman–Crippen LogP) is 3.71. The normalized spacial score (nSPS) is 23.5. The molecule has 0 bridgehead atoms. The molecule has 1 aromatic rings. The van der Waals surface area contributed by atoms with Crippen LogP contribution in [0, 0.1) is 5.92 Å². The van der Waals surface area contributed by atoms with Crippen LogP contribution in [0.3, 0.4) is 0 Å². The molecule has 2 fully saturated rings. The van der Waals surface area contributed by atoms with Crippen molar-refractivity contribution in [1.82, 2.24) is 14.7 Å². The number of carbonyl (C=O) groups is 2. The second-order valence-corrected chi connectivity index (χ2v) is 9.62. The van der Waals surface area contributed by atoms with Crippen LogP contribution >= 0.6 is 0 Å². The third-order valence-corrected chi connectivity index (χ3v) is 7.35. The van der Waals surface area contributed by atoms with Crippen LogP contribution in [0.5, 0.6) is 0 Å². The van der Waals surface area contributed by atoms with E-state index in [9.17, 15) is 9.59 Å². The molecule has 0 saturated carbocycles. The van der Waals surface area contributed by atoms with Crippen molar-refractivity contribution in [3.05, 3.63) is 35.4 Å². The zero-order chi connectivity index (χ0) is 20.8. The number of rotatable bonds is 5. The molecule has 1 aliphatic carbocycles. The summed E-state index contributed by atoms with van der Waals surface area (Å²) in [6.07, 6.45) is 4.20. The van der Waals surface area contributed by atoms with Gasteiger partial charge in [0.2, 0.25) is 0 Å². The summed E-state index contributed by atoms with van der Waals surface area (Å²) in [6.45, 7) is 11.2. The molecule has 1 unspecified atom stereocenters. The molecular weight excluding hydrogens is 362 g/mol. The highest BCUT2D eigenvalue weighted by Gasteiger charge is 2.59. The van der Waals surface area contributed by atoms with E-state index in [4.69, 9.17) is 0 Å². The smallest absolute Gasteiger partial charge is 0.309 e. The number of amides is 3. The molecular formula is C24H35N3O2. The maximum Gasteiger partial charge on any atom is 0.327 e. The second-order valence-electron chi connectivity index (χ2n) is 9.62. The van der Waals surface area contributed by atoms with Crippen molar-refractivity contribution < 1.29 is 9.59 Å². The number of nitrogens with zero attached hydrogens (tertiary/aromatic N) is 3. The van der Waals surface area contributed by atoms with E-state index in [0.717, 1.165) is 45.2 Å².